The summed E-state index contributed by atoms with van der Waals surface area (Å²) in [6, 6.07) is 5.45. The highest BCUT2D eigenvalue weighted by Crippen LogP contribution is 2.50. The molecule has 1 heterocycles. The molecular weight excluding hydrogens is 530 g/mol. The smallest absolute Gasteiger partial charge is 0.374 e. The highest BCUT2D eigenvalue weighted by atomic mass is 35.5. The highest BCUT2D eigenvalue weighted by molar-refractivity contribution is 6.33. The number of alkyl halides is 7. The van der Waals surface area contributed by atoms with Crippen molar-refractivity contribution in [2.24, 2.45) is 11.1 Å². The molecule has 1 saturated carbocycles. The Bertz CT molecular complexity index is 1200. The molecular formula is C21H14Cl2F7N3O2. The number of hydrazine groups is 1. The van der Waals surface area contributed by atoms with E-state index >= 15 is 0 Å². The van der Waals surface area contributed by atoms with Crippen molar-refractivity contribution < 1.29 is 40.4 Å². The van der Waals surface area contributed by atoms with Crippen LogP contribution in [0.2, 0.25) is 10.0 Å². The van der Waals surface area contributed by atoms with Crippen molar-refractivity contribution in [3.05, 3.63) is 63.1 Å². The number of nitrogens with zero attached hydrogens (tertiary/aromatic N) is 1. The molecule has 2 aliphatic rings. The van der Waals surface area contributed by atoms with Crippen LogP contribution in [0.25, 0.3) is 0 Å². The van der Waals surface area contributed by atoms with Crippen LogP contribution in [-0.4, -0.2) is 24.0 Å². The first kappa shape index (κ1) is 25.4. The van der Waals surface area contributed by atoms with Crippen LogP contribution in [-0.2, 0) is 21.4 Å². The summed E-state index contributed by atoms with van der Waals surface area (Å²) in [6.45, 7) is 0. The average molecular weight is 544 g/mol. The quantitative estimate of drug-likeness (QED) is 0.339. The molecule has 0 bridgehead atoms. The van der Waals surface area contributed by atoms with Gasteiger partial charge in [-0.15, -0.1) is 0 Å². The van der Waals surface area contributed by atoms with Gasteiger partial charge in [-0.3, -0.25) is 15.6 Å². The second-order valence-electron chi connectivity index (χ2n) is 8.02. The Kier molecular flexibility index (Phi) is 6.33. The molecule has 2 aromatic rings. The first-order chi connectivity index (χ1) is 16.2. The van der Waals surface area contributed by atoms with Crippen LogP contribution in [0.1, 0.15) is 29.5 Å². The maximum Gasteiger partial charge on any atom is 0.435 e. The molecule has 0 aromatic heterocycles. The number of nitrogens with one attached hydrogen (secondary N) is 2. The average Bonchev–Trinajstić information content (AvgIpc) is 3.30. The third kappa shape index (κ3) is 4.99. The minimum Gasteiger partial charge on any atom is -0.374 e. The van der Waals surface area contributed by atoms with Gasteiger partial charge in [0.15, 0.2) is 0 Å². The van der Waals surface area contributed by atoms with E-state index in [0.29, 0.717) is 12.1 Å². The van der Waals surface area contributed by atoms with Gasteiger partial charge < -0.3 is 4.84 Å². The third-order valence-electron chi connectivity index (χ3n) is 5.55. The summed E-state index contributed by atoms with van der Waals surface area (Å²) in [4.78, 5) is 16.6. The standard InChI is InChI=1S/C21H14Cl2F7N3O2/c22-12-5-10(4-11(6-12)20(25,26)27)19(21(28,29)30)8-17(33-35-19)9-1-2-14(23)16(3-9)31-32-18(34)13-7-15(13)24/h1-6,13,15,31H,7-8H2,(H,32,34)/t13-,15-,19-/m0/s1. The number of anilines is 1. The minimum absolute atomic E-state index is 0.0721. The van der Waals surface area contributed by atoms with Crippen molar-refractivity contribution in [3.63, 3.8) is 0 Å². The van der Waals surface area contributed by atoms with Crippen LogP contribution in [0.15, 0.2) is 41.6 Å². The predicted molar refractivity (Wildman–Crippen MR) is 113 cm³/mol. The molecule has 0 saturated heterocycles. The molecule has 0 unspecified atom stereocenters. The Morgan fingerprint density at radius 1 is 1.09 bits per heavy atom. The van der Waals surface area contributed by atoms with E-state index in [-0.39, 0.29) is 28.4 Å². The lowest BCUT2D eigenvalue weighted by Crippen LogP contribution is -2.43. The molecule has 0 radical (unpaired) electrons. The molecule has 2 N–H and O–H groups in total. The van der Waals surface area contributed by atoms with Gasteiger partial charge in [0.25, 0.3) is 5.60 Å². The predicted octanol–water partition coefficient (Wildman–Crippen LogP) is 6.40. The summed E-state index contributed by atoms with van der Waals surface area (Å²) in [5.74, 6) is -1.43. The van der Waals surface area contributed by atoms with Crippen LogP contribution >= 0.6 is 23.2 Å². The van der Waals surface area contributed by atoms with Gasteiger partial charge in [0.2, 0.25) is 5.91 Å². The summed E-state index contributed by atoms with van der Waals surface area (Å²) in [7, 11) is 0. The topological polar surface area (TPSA) is 62.7 Å². The van der Waals surface area contributed by atoms with Gasteiger partial charge in [0, 0.05) is 22.6 Å². The van der Waals surface area contributed by atoms with Crippen molar-refractivity contribution in [2.45, 2.75) is 37.0 Å². The van der Waals surface area contributed by atoms with Crippen molar-refractivity contribution >= 4 is 40.5 Å². The maximum atomic E-state index is 14.2. The molecule has 1 amide bonds. The lowest BCUT2D eigenvalue weighted by molar-refractivity contribution is -0.276. The molecule has 2 aromatic carbocycles. The number of hydrogen-bond acceptors (Lipinski definition) is 4. The first-order valence-corrected chi connectivity index (χ1v) is 10.7. The SMILES string of the molecule is O=C(NNc1cc(C2=NO[C@@](c3cc(Cl)cc(C(F)(F)F)c3)(C(F)(F)F)C2)ccc1Cl)[C@H]1C[C@@H]1F. The van der Waals surface area contributed by atoms with E-state index in [1.165, 1.54) is 18.2 Å². The van der Waals surface area contributed by atoms with Crippen LogP contribution in [0.3, 0.4) is 0 Å². The van der Waals surface area contributed by atoms with Crippen molar-refractivity contribution in [2.75, 3.05) is 5.43 Å². The largest absolute Gasteiger partial charge is 0.435 e. The third-order valence-corrected chi connectivity index (χ3v) is 6.09. The molecule has 1 fully saturated rings. The summed E-state index contributed by atoms with van der Waals surface area (Å²) in [5, 5.41) is 3.02. The van der Waals surface area contributed by atoms with E-state index in [2.05, 4.69) is 16.0 Å². The number of oxime groups is 1. The van der Waals surface area contributed by atoms with Gasteiger partial charge >= 0.3 is 12.4 Å². The molecule has 4 rings (SSSR count). The van der Waals surface area contributed by atoms with E-state index in [9.17, 15) is 35.5 Å². The highest BCUT2D eigenvalue weighted by Gasteiger charge is 2.62. The summed E-state index contributed by atoms with van der Waals surface area (Å²) in [5.41, 5.74) is -0.818. The van der Waals surface area contributed by atoms with Gasteiger partial charge in [-0.05, 0) is 36.8 Å². The number of amides is 1. The van der Waals surface area contributed by atoms with Crippen LogP contribution in [0, 0.1) is 5.92 Å². The number of hydrogen-bond donors (Lipinski definition) is 2. The van der Waals surface area contributed by atoms with Gasteiger partial charge in [-0.2, -0.15) is 26.3 Å². The molecule has 5 nitrogen and oxygen atoms in total. The van der Waals surface area contributed by atoms with Crippen molar-refractivity contribution in [1.82, 2.24) is 5.43 Å². The molecule has 14 heteroatoms. The van der Waals surface area contributed by atoms with Crippen molar-refractivity contribution in [1.29, 1.82) is 0 Å². The Hall–Kier alpha value is -2.73. The van der Waals surface area contributed by atoms with E-state index in [1.54, 1.807) is 0 Å². The van der Waals surface area contributed by atoms with Gasteiger partial charge in [-0.1, -0.05) is 34.4 Å². The number of benzene rings is 2. The molecule has 0 spiro atoms. The van der Waals surface area contributed by atoms with Crippen LogP contribution in [0.4, 0.5) is 36.4 Å². The fraction of sp³-hybridized carbons (Fsp3) is 0.333. The van der Waals surface area contributed by atoms with E-state index in [1.807, 2.05) is 0 Å². The zero-order valence-corrected chi connectivity index (χ0v) is 18.7. The molecule has 188 valence electrons. The Morgan fingerprint density at radius 2 is 1.77 bits per heavy atom. The normalized spacial score (nSPS) is 24.0. The maximum absolute atomic E-state index is 14.2. The number of carbonyl (C=O) groups is 1. The molecule has 35 heavy (non-hydrogen) atoms. The second-order valence-corrected chi connectivity index (χ2v) is 8.87. The Balaban J connectivity index is 1.62. The van der Waals surface area contributed by atoms with E-state index in [0.717, 1.165) is 6.07 Å². The van der Waals surface area contributed by atoms with Gasteiger partial charge in [0.05, 0.1) is 27.9 Å². The Morgan fingerprint density at radius 3 is 2.37 bits per heavy atom. The summed E-state index contributed by atoms with van der Waals surface area (Å²) >= 11 is 11.7. The second kappa shape index (κ2) is 8.74. The monoisotopic (exact) mass is 543 g/mol. The fourth-order valence-electron chi connectivity index (χ4n) is 3.50. The molecule has 1 aliphatic heterocycles. The number of halogens is 9. The minimum atomic E-state index is -5.17. The van der Waals surface area contributed by atoms with Crippen LogP contribution < -0.4 is 10.9 Å². The lowest BCUT2D eigenvalue weighted by Gasteiger charge is -2.30. The van der Waals surface area contributed by atoms with E-state index in [4.69, 9.17) is 28.0 Å². The molecule has 1 aliphatic carbocycles. The molecule has 3 atom stereocenters. The van der Waals surface area contributed by atoms with E-state index < -0.39 is 58.5 Å². The zero-order chi connectivity index (χ0) is 25.8. The van der Waals surface area contributed by atoms with Gasteiger partial charge in [-0.25, -0.2) is 4.39 Å². The first-order valence-electron chi connectivity index (χ1n) is 9.91. The zero-order valence-electron chi connectivity index (χ0n) is 17.2. The van der Waals surface area contributed by atoms with Crippen LogP contribution in [0.5, 0.6) is 0 Å². The fourth-order valence-corrected chi connectivity index (χ4v) is 3.90. The Labute approximate surface area is 203 Å². The van der Waals surface area contributed by atoms with Gasteiger partial charge in [0.1, 0.15) is 6.17 Å². The van der Waals surface area contributed by atoms with Crippen molar-refractivity contribution in [3.8, 4) is 0 Å². The summed E-state index contributed by atoms with van der Waals surface area (Å²) in [6.07, 6.45) is -12.2. The number of carbonyl (C=O) groups excluding carboxylic acids is 1. The lowest BCUT2D eigenvalue weighted by atomic mass is 9.85. The summed E-state index contributed by atoms with van der Waals surface area (Å²) < 4.78 is 95.2. The number of rotatable bonds is 5.